The number of guanidine groups is 1. The lowest BCUT2D eigenvalue weighted by Crippen LogP contribution is -2.38. The Hall–Kier alpha value is -1.71. The fraction of sp³-hybridized carbons (Fsp3) is 0.588. The van der Waals surface area contributed by atoms with Crippen LogP contribution in [0.15, 0.2) is 29.3 Å². The summed E-state index contributed by atoms with van der Waals surface area (Å²) in [5.41, 5.74) is 1.27. The van der Waals surface area contributed by atoms with Gasteiger partial charge in [0.1, 0.15) is 5.75 Å². The maximum atomic E-state index is 5.24. The van der Waals surface area contributed by atoms with Crippen LogP contribution in [0.1, 0.15) is 38.7 Å². The van der Waals surface area contributed by atoms with Crippen LogP contribution in [0.2, 0.25) is 0 Å². The number of hydrogen-bond acceptors (Lipinski definition) is 2. The molecule has 4 heteroatoms. The van der Waals surface area contributed by atoms with Crippen LogP contribution in [0.5, 0.6) is 5.75 Å². The SMILES string of the molecule is CCCCCN=C(NCC)NCCc1cccc(OC)c1. The molecule has 0 aromatic heterocycles. The number of methoxy groups -OCH3 is 1. The van der Waals surface area contributed by atoms with Gasteiger partial charge in [0.15, 0.2) is 5.96 Å². The second-order valence-electron chi connectivity index (χ2n) is 5.00. The number of aliphatic imine (C=N–C) groups is 1. The first-order chi connectivity index (χ1) is 10.3. The molecule has 0 bridgehead atoms. The van der Waals surface area contributed by atoms with Gasteiger partial charge in [-0.2, -0.15) is 0 Å². The lowest BCUT2D eigenvalue weighted by Gasteiger charge is -2.11. The molecule has 0 spiro atoms. The third-order valence-corrected chi connectivity index (χ3v) is 3.22. The Morgan fingerprint density at radius 1 is 1.19 bits per heavy atom. The molecule has 0 atom stereocenters. The predicted octanol–water partition coefficient (Wildman–Crippen LogP) is 2.98. The van der Waals surface area contributed by atoms with E-state index in [4.69, 9.17) is 4.74 Å². The molecule has 0 radical (unpaired) electrons. The Balaban J connectivity index is 2.38. The average Bonchev–Trinajstić information content (AvgIpc) is 2.51. The molecular formula is C17H29N3O. The number of ether oxygens (including phenoxy) is 1. The van der Waals surface area contributed by atoms with Crippen molar-refractivity contribution in [2.24, 2.45) is 4.99 Å². The topological polar surface area (TPSA) is 45.7 Å². The standard InChI is InChI=1S/C17H29N3O/c1-4-6-7-12-19-17(18-5-2)20-13-11-15-9-8-10-16(14-15)21-3/h8-10,14H,4-7,11-13H2,1-3H3,(H2,18,19,20). The highest BCUT2D eigenvalue weighted by Gasteiger charge is 1.99. The van der Waals surface area contributed by atoms with Crippen molar-refractivity contribution < 1.29 is 4.74 Å². The van der Waals surface area contributed by atoms with Gasteiger partial charge in [-0.05, 0) is 37.5 Å². The van der Waals surface area contributed by atoms with E-state index in [1.165, 1.54) is 18.4 Å². The fourth-order valence-corrected chi connectivity index (χ4v) is 2.05. The first-order valence-electron chi connectivity index (χ1n) is 7.95. The molecule has 0 aliphatic rings. The largest absolute Gasteiger partial charge is 0.497 e. The summed E-state index contributed by atoms with van der Waals surface area (Å²) in [5, 5.41) is 6.66. The molecule has 21 heavy (non-hydrogen) atoms. The molecule has 0 aliphatic carbocycles. The van der Waals surface area contributed by atoms with Crippen molar-refractivity contribution in [3.05, 3.63) is 29.8 Å². The van der Waals surface area contributed by atoms with Gasteiger partial charge in [0.25, 0.3) is 0 Å². The van der Waals surface area contributed by atoms with E-state index in [1.54, 1.807) is 7.11 Å². The van der Waals surface area contributed by atoms with Crippen molar-refractivity contribution in [2.45, 2.75) is 39.5 Å². The zero-order chi connectivity index (χ0) is 15.3. The van der Waals surface area contributed by atoms with Crippen molar-refractivity contribution in [3.63, 3.8) is 0 Å². The molecule has 0 saturated heterocycles. The van der Waals surface area contributed by atoms with Crippen LogP contribution in [0.4, 0.5) is 0 Å². The molecule has 1 aromatic rings. The summed E-state index contributed by atoms with van der Waals surface area (Å²) >= 11 is 0. The molecule has 0 aliphatic heterocycles. The summed E-state index contributed by atoms with van der Waals surface area (Å²) in [5.74, 6) is 1.82. The van der Waals surface area contributed by atoms with Gasteiger partial charge < -0.3 is 15.4 Å². The van der Waals surface area contributed by atoms with Gasteiger partial charge in [-0.1, -0.05) is 31.9 Å². The van der Waals surface area contributed by atoms with Gasteiger partial charge in [0, 0.05) is 19.6 Å². The molecule has 0 heterocycles. The molecule has 0 unspecified atom stereocenters. The molecule has 0 saturated carbocycles. The van der Waals surface area contributed by atoms with Crippen LogP contribution >= 0.6 is 0 Å². The van der Waals surface area contributed by atoms with Crippen molar-refractivity contribution in [1.82, 2.24) is 10.6 Å². The van der Waals surface area contributed by atoms with Gasteiger partial charge >= 0.3 is 0 Å². The van der Waals surface area contributed by atoms with Gasteiger partial charge in [0.05, 0.1) is 7.11 Å². The van der Waals surface area contributed by atoms with E-state index in [0.29, 0.717) is 0 Å². The third kappa shape index (κ3) is 7.59. The predicted molar refractivity (Wildman–Crippen MR) is 90.2 cm³/mol. The zero-order valence-electron chi connectivity index (χ0n) is 13.6. The monoisotopic (exact) mass is 291 g/mol. The van der Waals surface area contributed by atoms with Crippen LogP contribution in [0, 0.1) is 0 Å². The van der Waals surface area contributed by atoms with E-state index in [9.17, 15) is 0 Å². The normalized spacial score (nSPS) is 11.3. The minimum absolute atomic E-state index is 0.868. The van der Waals surface area contributed by atoms with Crippen molar-refractivity contribution >= 4 is 5.96 Å². The van der Waals surface area contributed by atoms with Crippen LogP contribution in [0.3, 0.4) is 0 Å². The van der Waals surface area contributed by atoms with Gasteiger partial charge in [-0.3, -0.25) is 4.99 Å². The highest BCUT2D eigenvalue weighted by Crippen LogP contribution is 2.12. The zero-order valence-corrected chi connectivity index (χ0v) is 13.6. The molecule has 0 amide bonds. The Bertz CT molecular complexity index is 418. The lowest BCUT2D eigenvalue weighted by molar-refractivity contribution is 0.414. The minimum atomic E-state index is 0.868. The molecule has 1 rings (SSSR count). The summed E-state index contributed by atoms with van der Waals surface area (Å²) in [6.45, 7) is 6.94. The second-order valence-corrected chi connectivity index (χ2v) is 5.00. The molecule has 2 N–H and O–H groups in total. The van der Waals surface area contributed by atoms with E-state index < -0.39 is 0 Å². The first kappa shape index (κ1) is 17.3. The van der Waals surface area contributed by atoms with E-state index in [-0.39, 0.29) is 0 Å². The minimum Gasteiger partial charge on any atom is -0.497 e. The van der Waals surface area contributed by atoms with Gasteiger partial charge in [-0.25, -0.2) is 0 Å². The summed E-state index contributed by atoms with van der Waals surface area (Å²) in [6, 6.07) is 8.19. The van der Waals surface area contributed by atoms with Gasteiger partial charge in [-0.15, -0.1) is 0 Å². The Morgan fingerprint density at radius 2 is 2.05 bits per heavy atom. The Kier molecular flexibility index (Phi) is 9.09. The maximum absolute atomic E-state index is 5.24. The maximum Gasteiger partial charge on any atom is 0.191 e. The Labute approximate surface area is 129 Å². The highest BCUT2D eigenvalue weighted by atomic mass is 16.5. The highest BCUT2D eigenvalue weighted by molar-refractivity contribution is 5.79. The van der Waals surface area contributed by atoms with Crippen LogP contribution in [-0.4, -0.2) is 32.7 Å². The smallest absolute Gasteiger partial charge is 0.191 e. The van der Waals surface area contributed by atoms with Crippen molar-refractivity contribution in [1.29, 1.82) is 0 Å². The number of rotatable bonds is 9. The molecular weight excluding hydrogens is 262 g/mol. The van der Waals surface area contributed by atoms with E-state index in [2.05, 4.69) is 41.6 Å². The summed E-state index contributed by atoms with van der Waals surface area (Å²) < 4.78 is 5.24. The first-order valence-corrected chi connectivity index (χ1v) is 7.95. The molecule has 4 nitrogen and oxygen atoms in total. The Morgan fingerprint density at radius 3 is 2.76 bits per heavy atom. The van der Waals surface area contributed by atoms with E-state index >= 15 is 0 Å². The summed E-state index contributed by atoms with van der Waals surface area (Å²) in [4.78, 5) is 4.59. The van der Waals surface area contributed by atoms with Gasteiger partial charge in [0.2, 0.25) is 0 Å². The van der Waals surface area contributed by atoms with Crippen molar-refractivity contribution in [2.75, 3.05) is 26.7 Å². The number of nitrogens with zero attached hydrogens (tertiary/aromatic N) is 1. The number of unbranched alkanes of at least 4 members (excludes halogenated alkanes) is 2. The van der Waals surface area contributed by atoms with E-state index in [1.807, 2.05) is 12.1 Å². The van der Waals surface area contributed by atoms with Crippen LogP contribution in [-0.2, 0) is 6.42 Å². The quantitative estimate of drug-likeness (QED) is 0.418. The van der Waals surface area contributed by atoms with E-state index in [0.717, 1.165) is 44.2 Å². The third-order valence-electron chi connectivity index (χ3n) is 3.22. The summed E-state index contributed by atoms with van der Waals surface area (Å²) in [7, 11) is 1.70. The molecule has 0 fully saturated rings. The van der Waals surface area contributed by atoms with Crippen molar-refractivity contribution in [3.8, 4) is 5.75 Å². The summed E-state index contributed by atoms with van der Waals surface area (Å²) in [6.07, 6.45) is 4.58. The fourth-order valence-electron chi connectivity index (χ4n) is 2.05. The van der Waals surface area contributed by atoms with Crippen LogP contribution in [0.25, 0.3) is 0 Å². The molecule has 118 valence electrons. The average molecular weight is 291 g/mol. The number of nitrogens with one attached hydrogen (secondary N) is 2. The number of benzene rings is 1. The van der Waals surface area contributed by atoms with Crippen LogP contribution < -0.4 is 15.4 Å². The number of hydrogen-bond donors (Lipinski definition) is 2. The second kappa shape index (κ2) is 11.0. The lowest BCUT2D eigenvalue weighted by atomic mass is 10.1. The molecule has 1 aromatic carbocycles.